The fourth-order valence-electron chi connectivity index (χ4n) is 1.39. The Morgan fingerprint density at radius 3 is 3.06 bits per heavy atom. The fraction of sp³-hybridized carbons (Fsp3) is 0.500. The van der Waals surface area contributed by atoms with Crippen molar-refractivity contribution in [3.8, 4) is 0 Å². The van der Waals surface area contributed by atoms with Crippen LogP contribution in [0, 0.1) is 0 Å². The molecule has 86 valence electrons. The van der Waals surface area contributed by atoms with E-state index in [0.29, 0.717) is 12.2 Å². The Bertz CT molecular complexity index is 403. The number of hydrogen-bond donors (Lipinski definition) is 1. The van der Waals surface area contributed by atoms with Gasteiger partial charge in [0.25, 0.3) is 5.91 Å². The van der Waals surface area contributed by atoms with Gasteiger partial charge in [0.2, 0.25) is 0 Å². The molecule has 1 heterocycles. The van der Waals surface area contributed by atoms with Crippen molar-refractivity contribution in [2.75, 3.05) is 13.1 Å². The van der Waals surface area contributed by atoms with Gasteiger partial charge in [-0.1, -0.05) is 5.11 Å². The molecule has 0 spiro atoms. The lowest BCUT2D eigenvalue weighted by Crippen LogP contribution is -2.28. The summed E-state index contributed by atoms with van der Waals surface area (Å²) < 4.78 is 1.89. The molecule has 0 fully saturated rings. The summed E-state index contributed by atoms with van der Waals surface area (Å²) in [5, 5.41) is 6.03. The van der Waals surface area contributed by atoms with Crippen LogP contribution in [0.3, 0.4) is 0 Å². The highest BCUT2D eigenvalue weighted by Gasteiger charge is 2.11. The largest absolute Gasteiger partial charge is 0.351 e. The molecule has 0 aliphatic rings. The molecule has 0 saturated carbocycles. The van der Waals surface area contributed by atoms with Gasteiger partial charge in [-0.3, -0.25) is 4.79 Å². The van der Waals surface area contributed by atoms with Crippen LogP contribution in [-0.4, -0.2) is 23.6 Å². The first-order chi connectivity index (χ1) is 7.66. The number of azide groups is 1. The Hall–Kier alpha value is -1.94. The normalized spacial score (nSPS) is 9.94. The van der Waals surface area contributed by atoms with Crippen LogP contribution < -0.4 is 5.32 Å². The predicted octanol–water partition coefficient (Wildman–Crippen LogP) is 2.11. The van der Waals surface area contributed by atoms with Crippen LogP contribution in [0.15, 0.2) is 23.4 Å². The molecule has 0 saturated heterocycles. The number of carbonyl (C=O) groups excluding carboxylic acids is 1. The van der Waals surface area contributed by atoms with Crippen molar-refractivity contribution in [3.63, 3.8) is 0 Å². The van der Waals surface area contributed by atoms with Crippen molar-refractivity contribution in [2.45, 2.75) is 19.9 Å². The van der Waals surface area contributed by atoms with Crippen molar-refractivity contribution >= 4 is 5.91 Å². The lowest BCUT2D eigenvalue weighted by atomic mass is 10.3. The molecule has 1 N–H and O–H groups in total. The van der Waals surface area contributed by atoms with E-state index in [2.05, 4.69) is 15.3 Å². The minimum atomic E-state index is -0.146. The SMILES string of the molecule is CC(C)n1cccc1C(=O)NCCN=[N+]=[N-]. The quantitative estimate of drug-likeness (QED) is 0.351. The zero-order valence-corrected chi connectivity index (χ0v) is 9.42. The third-order valence-electron chi connectivity index (χ3n) is 2.13. The van der Waals surface area contributed by atoms with Gasteiger partial charge in [-0.15, -0.1) is 0 Å². The van der Waals surface area contributed by atoms with E-state index >= 15 is 0 Å². The van der Waals surface area contributed by atoms with Gasteiger partial charge in [-0.2, -0.15) is 0 Å². The van der Waals surface area contributed by atoms with Gasteiger partial charge in [-0.05, 0) is 31.5 Å². The molecule has 16 heavy (non-hydrogen) atoms. The van der Waals surface area contributed by atoms with Gasteiger partial charge < -0.3 is 9.88 Å². The summed E-state index contributed by atoms with van der Waals surface area (Å²) >= 11 is 0. The van der Waals surface area contributed by atoms with Crippen LogP contribution in [0.4, 0.5) is 0 Å². The maximum atomic E-state index is 11.7. The molecule has 1 aromatic heterocycles. The van der Waals surface area contributed by atoms with E-state index in [9.17, 15) is 4.79 Å². The predicted molar refractivity (Wildman–Crippen MR) is 61.2 cm³/mol. The Kier molecular flexibility index (Phi) is 4.42. The maximum Gasteiger partial charge on any atom is 0.267 e. The zero-order valence-electron chi connectivity index (χ0n) is 9.42. The average Bonchev–Trinajstić information content (AvgIpc) is 2.73. The number of aromatic nitrogens is 1. The van der Waals surface area contributed by atoms with Gasteiger partial charge in [0.05, 0.1) is 0 Å². The lowest BCUT2D eigenvalue weighted by Gasteiger charge is -2.12. The molecule has 0 aliphatic heterocycles. The number of hydrogen-bond acceptors (Lipinski definition) is 2. The number of carbonyl (C=O) groups is 1. The second-order valence-electron chi connectivity index (χ2n) is 3.60. The highest BCUT2D eigenvalue weighted by molar-refractivity contribution is 5.92. The van der Waals surface area contributed by atoms with Crippen LogP contribution >= 0.6 is 0 Å². The van der Waals surface area contributed by atoms with Gasteiger partial charge in [0.1, 0.15) is 5.69 Å². The molecular weight excluding hydrogens is 206 g/mol. The molecule has 0 unspecified atom stereocenters. The van der Waals surface area contributed by atoms with E-state index < -0.39 is 0 Å². The van der Waals surface area contributed by atoms with Crippen LogP contribution in [0.25, 0.3) is 10.4 Å². The Labute approximate surface area is 93.9 Å². The number of amides is 1. The van der Waals surface area contributed by atoms with Crippen molar-refractivity contribution in [1.82, 2.24) is 9.88 Å². The van der Waals surface area contributed by atoms with Crippen molar-refractivity contribution < 1.29 is 4.79 Å². The lowest BCUT2D eigenvalue weighted by molar-refractivity contribution is 0.0944. The standard InChI is InChI=1S/C10H15N5O/c1-8(2)15-7-3-4-9(15)10(16)12-5-6-13-14-11/h3-4,7-8H,5-6H2,1-2H3,(H,12,16). The van der Waals surface area contributed by atoms with Crippen LogP contribution in [-0.2, 0) is 0 Å². The van der Waals surface area contributed by atoms with E-state index in [1.807, 2.05) is 30.7 Å². The summed E-state index contributed by atoms with van der Waals surface area (Å²) in [6.45, 7) is 4.64. The zero-order chi connectivity index (χ0) is 12.0. The minimum Gasteiger partial charge on any atom is -0.351 e. The molecule has 0 bridgehead atoms. The molecule has 1 rings (SSSR count). The first kappa shape index (κ1) is 12.1. The van der Waals surface area contributed by atoms with Crippen LogP contribution in [0.1, 0.15) is 30.4 Å². The molecule has 1 aromatic rings. The highest BCUT2D eigenvalue weighted by atomic mass is 16.1. The molecule has 0 radical (unpaired) electrons. The Balaban J connectivity index is 2.59. The summed E-state index contributed by atoms with van der Waals surface area (Å²) in [5.41, 5.74) is 8.70. The third-order valence-corrected chi connectivity index (χ3v) is 2.13. The molecular formula is C10H15N5O. The number of nitrogens with zero attached hydrogens (tertiary/aromatic N) is 4. The Morgan fingerprint density at radius 2 is 2.44 bits per heavy atom. The smallest absolute Gasteiger partial charge is 0.267 e. The van der Waals surface area contributed by atoms with Gasteiger partial charge in [-0.25, -0.2) is 0 Å². The molecule has 1 amide bonds. The van der Waals surface area contributed by atoms with Crippen molar-refractivity contribution in [3.05, 3.63) is 34.5 Å². The first-order valence-corrected chi connectivity index (χ1v) is 5.12. The average molecular weight is 221 g/mol. The van der Waals surface area contributed by atoms with Gasteiger partial charge in [0, 0.05) is 30.2 Å². The summed E-state index contributed by atoms with van der Waals surface area (Å²) in [7, 11) is 0. The summed E-state index contributed by atoms with van der Waals surface area (Å²) in [5.74, 6) is -0.146. The van der Waals surface area contributed by atoms with Crippen LogP contribution in [0.2, 0.25) is 0 Å². The molecule has 6 heteroatoms. The van der Waals surface area contributed by atoms with E-state index in [0.717, 1.165) is 0 Å². The number of nitrogens with one attached hydrogen (secondary N) is 1. The van der Waals surface area contributed by atoms with E-state index in [1.54, 1.807) is 6.07 Å². The van der Waals surface area contributed by atoms with Crippen molar-refractivity contribution in [1.29, 1.82) is 0 Å². The van der Waals surface area contributed by atoms with Gasteiger partial charge >= 0.3 is 0 Å². The van der Waals surface area contributed by atoms with Gasteiger partial charge in [0.15, 0.2) is 0 Å². The molecule has 0 aromatic carbocycles. The molecule has 0 atom stereocenters. The van der Waals surface area contributed by atoms with Crippen LogP contribution in [0.5, 0.6) is 0 Å². The monoisotopic (exact) mass is 221 g/mol. The fourth-order valence-corrected chi connectivity index (χ4v) is 1.39. The topological polar surface area (TPSA) is 82.8 Å². The molecule has 6 nitrogen and oxygen atoms in total. The first-order valence-electron chi connectivity index (χ1n) is 5.12. The minimum absolute atomic E-state index is 0.146. The maximum absolute atomic E-state index is 11.7. The number of rotatable bonds is 5. The van der Waals surface area contributed by atoms with E-state index in [-0.39, 0.29) is 18.5 Å². The van der Waals surface area contributed by atoms with E-state index in [4.69, 9.17) is 5.53 Å². The highest BCUT2D eigenvalue weighted by Crippen LogP contribution is 2.10. The van der Waals surface area contributed by atoms with E-state index in [1.165, 1.54) is 0 Å². The summed E-state index contributed by atoms with van der Waals surface area (Å²) in [4.78, 5) is 14.3. The second kappa shape index (κ2) is 5.82. The summed E-state index contributed by atoms with van der Waals surface area (Å²) in [6.07, 6.45) is 1.87. The van der Waals surface area contributed by atoms with Crippen molar-refractivity contribution in [2.24, 2.45) is 5.11 Å². The third kappa shape index (κ3) is 3.03. The second-order valence-corrected chi connectivity index (χ2v) is 3.60. The Morgan fingerprint density at radius 1 is 1.69 bits per heavy atom. The summed E-state index contributed by atoms with van der Waals surface area (Å²) in [6, 6.07) is 3.85. The molecule has 0 aliphatic carbocycles.